The van der Waals surface area contributed by atoms with Crippen LogP contribution in [0.1, 0.15) is 18.4 Å². The van der Waals surface area contributed by atoms with Gasteiger partial charge in [-0.3, -0.25) is 0 Å². The van der Waals surface area contributed by atoms with E-state index in [2.05, 4.69) is 22.6 Å². The summed E-state index contributed by atoms with van der Waals surface area (Å²) >= 11 is 11.6. The Morgan fingerprint density at radius 1 is 1.09 bits per heavy atom. The summed E-state index contributed by atoms with van der Waals surface area (Å²) in [5, 5.41) is 10.9. The lowest BCUT2D eigenvalue weighted by Crippen LogP contribution is -2.35. The van der Waals surface area contributed by atoms with Gasteiger partial charge in [0.1, 0.15) is 0 Å². The van der Waals surface area contributed by atoms with E-state index >= 15 is 0 Å². The molecule has 0 spiro atoms. The van der Waals surface area contributed by atoms with E-state index in [0.29, 0.717) is 10.1 Å². The molecule has 112 valence electrons. The number of hydrazone groups is 1. The van der Waals surface area contributed by atoms with E-state index in [1.54, 1.807) is 0 Å². The lowest BCUT2D eigenvalue weighted by molar-refractivity contribution is 0.424. The van der Waals surface area contributed by atoms with Crippen LogP contribution in [-0.2, 0) is 0 Å². The highest BCUT2D eigenvalue weighted by atomic mass is 35.5. The molecule has 0 aliphatic carbocycles. The molecule has 2 aromatic rings. The molecule has 22 heavy (non-hydrogen) atoms. The van der Waals surface area contributed by atoms with Gasteiger partial charge in [-0.2, -0.15) is 5.10 Å². The summed E-state index contributed by atoms with van der Waals surface area (Å²) < 4.78 is 0. The number of nitrogens with one attached hydrogen (secondary N) is 1. The van der Waals surface area contributed by atoms with Gasteiger partial charge >= 0.3 is 0 Å². The number of para-hydroxylation sites is 1. The summed E-state index contributed by atoms with van der Waals surface area (Å²) in [5.41, 5.74) is 3.01. The highest BCUT2D eigenvalue weighted by molar-refractivity contribution is 7.80. The number of thiocarbonyl (C=S) groups is 1. The Labute approximate surface area is 140 Å². The Hall–Kier alpha value is -1.91. The summed E-state index contributed by atoms with van der Waals surface area (Å²) in [6.07, 6.45) is 1.99. The SMILES string of the molecule is S=C(Nc1ccccc1Cl)N1CCCC(c2ccccc2)=N1. The van der Waals surface area contributed by atoms with Crippen molar-refractivity contribution in [3.8, 4) is 0 Å². The maximum atomic E-state index is 6.16. The third kappa shape index (κ3) is 3.46. The van der Waals surface area contributed by atoms with Crippen molar-refractivity contribution in [1.82, 2.24) is 5.01 Å². The Balaban J connectivity index is 1.77. The first-order valence-electron chi connectivity index (χ1n) is 7.20. The minimum absolute atomic E-state index is 0.571. The topological polar surface area (TPSA) is 27.6 Å². The standard InChI is InChI=1S/C17H16ClN3S/c18-14-9-4-5-10-16(14)19-17(22)21-12-6-11-15(20-21)13-7-2-1-3-8-13/h1-5,7-10H,6,11-12H2,(H,19,22). The zero-order valence-corrected chi connectivity index (χ0v) is 13.6. The van der Waals surface area contributed by atoms with E-state index in [9.17, 15) is 0 Å². The largest absolute Gasteiger partial charge is 0.330 e. The smallest absolute Gasteiger partial charge is 0.194 e. The first-order chi connectivity index (χ1) is 10.7. The highest BCUT2D eigenvalue weighted by Gasteiger charge is 2.17. The van der Waals surface area contributed by atoms with Crippen LogP contribution in [0, 0.1) is 0 Å². The van der Waals surface area contributed by atoms with Gasteiger partial charge in [-0.25, -0.2) is 5.01 Å². The monoisotopic (exact) mass is 329 g/mol. The van der Waals surface area contributed by atoms with Crippen molar-refractivity contribution >= 4 is 40.3 Å². The lowest BCUT2D eigenvalue weighted by Gasteiger charge is -2.26. The number of benzene rings is 2. The lowest BCUT2D eigenvalue weighted by atomic mass is 10.0. The molecule has 0 unspecified atom stereocenters. The quantitative estimate of drug-likeness (QED) is 0.820. The van der Waals surface area contributed by atoms with Gasteiger partial charge in [0.05, 0.1) is 16.4 Å². The van der Waals surface area contributed by atoms with Crippen molar-refractivity contribution in [2.24, 2.45) is 5.10 Å². The van der Waals surface area contributed by atoms with Gasteiger partial charge in [-0.15, -0.1) is 0 Å². The van der Waals surface area contributed by atoms with Crippen LogP contribution in [0.4, 0.5) is 5.69 Å². The summed E-state index contributed by atoms with van der Waals surface area (Å²) in [5.74, 6) is 0. The molecule has 0 bridgehead atoms. The minimum atomic E-state index is 0.571. The molecule has 0 radical (unpaired) electrons. The minimum Gasteiger partial charge on any atom is -0.330 e. The Morgan fingerprint density at radius 2 is 1.82 bits per heavy atom. The van der Waals surface area contributed by atoms with Gasteiger partial charge in [0.25, 0.3) is 0 Å². The molecule has 5 heteroatoms. The normalized spacial score (nSPS) is 14.4. The zero-order valence-electron chi connectivity index (χ0n) is 12.0. The molecule has 0 amide bonds. The number of hydrogen-bond acceptors (Lipinski definition) is 2. The van der Waals surface area contributed by atoms with Crippen LogP contribution >= 0.6 is 23.8 Å². The van der Waals surface area contributed by atoms with Crippen LogP contribution in [0.5, 0.6) is 0 Å². The van der Waals surface area contributed by atoms with Crippen LogP contribution in [0.3, 0.4) is 0 Å². The number of anilines is 1. The maximum absolute atomic E-state index is 6.16. The molecule has 1 heterocycles. The van der Waals surface area contributed by atoms with Crippen molar-refractivity contribution in [3.05, 3.63) is 65.2 Å². The Kier molecular flexibility index (Phi) is 4.71. The molecule has 0 saturated carbocycles. The fraction of sp³-hybridized carbons (Fsp3) is 0.176. The molecule has 0 aromatic heterocycles. The third-order valence-electron chi connectivity index (χ3n) is 3.48. The van der Waals surface area contributed by atoms with Gasteiger partial charge in [0.15, 0.2) is 5.11 Å². The molecular weight excluding hydrogens is 314 g/mol. The number of nitrogens with zero attached hydrogens (tertiary/aromatic N) is 2. The van der Waals surface area contributed by atoms with E-state index in [-0.39, 0.29) is 0 Å². The van der Waals surface area contributed by atoms with Crippen LogP contribution in [-0.4, -0.2) is 22.4 Å². The Morgan fingerprint density at radius 3 is 2.59 bits per heavy atom. The van der Waals surface area contributed by atoms with Gasteiger partial charge in [-0.05, 0) is 42.8 Å². The average Bonchev–Trinajstić information content (AvgIpc) is 2.58. The zero-order chi connectivity index (χ0) is 15.4. The fourth-order valence-corrected chi connectivity index (χ4v) is 2.79. The number of hydrogen-bond donors (Lipinski definition) is 1. The van der Waals surface area contributed by atoms with E-state index in [1.807, 2.05) is 47.5 Å². The first-order valence-corrected chi connectivity index (χ1v) is 7.98. The van der Waals surface area contributed by atoms with Crippen LogP contribution in [0.2, 0.25) is 5.02 Å². The number of rotatable bonds is 2. The van der Waals surface area contributed by atoms with Crippen molar-refractivity contribution in [2.75, 3.05) is 11.9 Å². The van der Waals surface area contributed by atoms with Gasteiger partial charge in [0.2, 0.25) is 0 Å². The molecule has 0 atom stereocenters. The highest BCUT2D eigenvalue weighted by Crippen LogP contribution is 2.22. The number of halogens is 1. The molecule has 3 nitrogen and oxygen atoms in total. The fourth-order valence-electron chi connectivity index (χ4n) is 2.36. The summed E-state index contributed by atoms with van der Waals surface area (Å²) in [6.45, 7) is 0.812. The van der Waals surface area contributed by atoms with E-state index in [1.165, 1.54) is 0 Å². The van der Waals surface area contributed by atoms with Crippen LogP contribution in [0.15, 0.2) is 59.7 Å². The van der Waals surface area contributed by atoms with Crippen LogP contribution in [0.25, 0.3) is 0 Å². The Bertz CT molecular complexity index is 700. The van der Waals surface area contributed by atoms with Gasteiger partial charge in [-0.1, -0.05) is 54.1 Å². The maximum Gasteiger partial charge on any atom is 0.194 e. The molecular formula is C17H16ClN3S. The van der Waals surface area contributed by atoms with Crippen molar-refractivity contribution < 1.29 is 0 Å². The van der Waals surface area contributed by atoms with E-state index in [4.69, 9.17) is 23.8 Å². The predicted molar refractivity (Wildman–Crippen MR) is 96.6 cm³/mol. The molecule has 1 N–H and O–H groups in total. The van der Waals surface area contributed by atoms with Crippen LogP contribution < -0.4 is 5.32 Å². The predicted octanol–water partition coefficient (Wildman–Crippen LogP) is 4.54. The third-order valence-corrected chi connectivity index (χ3v) is 4.12. The van der Waals surface area contributed by atoms with Gasteiger partial charge in [0, 0.05) is 6.54 Å². The molecule has 0 saturated heterocycles. The molecule has 1 aliphatic heterocycles. The average molecular weight is 330 g/mol. The second kappa shape index (κ2) is 6.90. The second-order valence-corrected chi connectivity index (χ2v) is 5.84. The van der Waals surface area contributed by atoms with Gasteiger partial charge < -0.3 is 5.32 Å². The molecule has 3 rings (SSSR count). The molecule has 0 fully saturated rings. The summed E-state index contributed by atoms with van der Waals surface area (Å²) in [4.78, 5) is 0. The van der Waals surface area contributed by atoms with Crippen molar-refractivity contribution in [2.45, 2.75) is 12.8 Å². The molecule has 2 aromatic carbocycles. The van der Waals surface area contributed by atoms with Crippen molar-refractivity contribution in [1.29, 1.82) is 0 Å². The van der Waals surface area contributed by atoms with E-state index in [0.717, 1.165) is 36.3 Å². The summed E-state index contributed by atoms with van der Waals surface area (Å²) in [6, 6.07) is 17.8. The molecule has 1 aliphatic rings. The summed E-state index contributed by atoms with van der Waals surface area (Å²) in [7, 11) is 0. The van der Waals surface area contributed by atoms with E-state index < -0.39 is 0 Å². The first kappa shape index (κ1) is 15.0. The second-order valence-electron chi connectivity index (χ2n) is 5.05. The van der Waals surface area contributed by atoms with Crippen molar-refractivity contribution in [3.63, 3.8) is 0 Å².